The Morgan fingerprint density at radius 2 is 1.70 bits per heavy atom. The van der Waals surface area contributed by atoms with E-state index in [4.69, 9.17) is 8.54 Å². The Labute approximate surface area is 123 Å². The van der Waals surface area contributed by atoms with Crippen molar-refractivity contribution in [3.05, 3.63) is 0 Å². The molecule has 0 saturated heterocycles. The maximum atomic E-state index is 9.95. The highest BCUT2D eigenvalue weighted by molar-refractivity contribution is 6.79. The SMILES string of the molecule is CO[Si](CCO)(CCCCC(O)C(C)O)O[Si](C)(C)O. The Kier molecular flexibility index (Phi) is 9.35. The zero-order valence-corrected chi connectivity index (χ0v) is 15.0. The number of unbranched alkanes of at least 4 members (excludes halogenated alkanes) is 1. The van der Waals surface area contributed by atoms with Crippen LogP contribution in [0.5, 0.6) is 0 Å². The minimum Gasteiger partial charge on any atom is -0.415 e. The summed E-state index contributed by atoms with van der Waals surface area (Å²) in [5.41, 5.74) is 0. The monoisotopic (exact) mass is 326 g/mol. The molecule has 0 amide bonds. The highest BCUT2D eigenvalue weighted by Gasteiger charge is 2.41. The molecule has 0 aliphatic carbocycles. The number of rotatable bonds is 11. The lowest BCUT2D eigenvalue weighted by atomic mass is 10.1. The van der Waals surface area contributed by atoms with Gasteiger partial charge in [0.1, 0.15) is 0 Å². The van der Waals surface area contributed by atoms with Crippen LogP contribution in [0.2, 0.25) is 25.2 Å². The molecule has 0 bridgehead atoms. The third-order valence-corrected chi connectivity index (χ3v) is 9.50. The molecular weight excluding hydrogens is 296 g/mol. The molecule has 0 spiro atoms. The Morgan fingerprint density at radius 1 is 1.10 bits per heavy atom. The van der Waals surface area contributed by atoms with E-state index in [9.17, 15) is 20.1 Å². The van der Waals surface area contributed by atoms with E-state index in [1.807, 2.05) is 0 Å². The van der Waals surface area contributed by atoms with Crippen LogP contribution < -0.4 is 0 Å². The summed E-state index contributed by atoms with van der Waals surface area (Å²) >= 11 is 0. The van der Waals surface area contributed by atoms with Crippen molar-refractivity contribution >= 4 is 17.1 Å². The van der Waals surface area contributed by atoms with Gasteiger partial charge in [0, 0.05) is 19.8 Å². The maximum Gasteiger partial charge on any atom is 0.331 e. The third kappa shape index (κ3) is 8.47. The Bertz CT molecular complexity index is 259. The van der Waals surface area contributed by atoms with Gasteiger partial charge < -0.3 is 28.7 Å². The highest BCUT2D eigenvalue weighted by Crippen LogP contribution is 2.25. The van der Waals surface area contributed by atoms with Gasteiger partial charge in [-0.15, -0.1) is 0 Å². The highest BCUT2D eigenvalue weighted by atomic mass is 28.5. The number of aliphatic hydroxyl groups is 3. The van der Waals surface area contributed by atoms with Gasteiger partial charge >= 0.3 is 17.1 Å². The van der Waals surface area contributed by atoms with Crippen LogP contribution in [0.25, 0.3) is 0 Å². The average Bonchev–Trinajstić information content (AvgIpc) is 2.32. The van der Waals surface area contributed by atoms with E-state index in [2.05, 4.69) is 0 Å². The summed E-state index contributed by atoms with van der Waals surface area (Å²) in [4.78, 5) is 9.95. The summed E-state index contributed by atoms with van der Waals surface area (Å²) in [6.45, 7) is 4.90. The fourth-order valence-electron chi connectivity index (χ4n) is 2.09. The number of aliphatic hydroxyl groups excluding tert-OH is 3. The van der Waals surface area contributed by atoms with Crippen LogP contribution in [0.3, 0.4) is 0 Å². The molecule has 0 aromatic heterocycles. The second kappa shape index (κ2) is 9.26. The van der Waals surface area contributed by atoms with Gasteiger partial charge in [-0.1, -0.05) is 12.8 Å². The molecule has 0 saturated carbocycles. The van der Waals surface area contributed by atoms with E-state index >= 15 is 0 Å². The van der Waals surface area contributed by atoms with Crippen LogP contribution in [0, 0.1) is 0 Å². The topological polar surface area (TPSA) is 99.4 Å². The summed E-state index contributed by atoms with van der Waals surface area (Å²) in [6.07, 6.45) is 0.596. The fourth-order valence-corrected chi connectivity index (χ4v) is 8.67. The standard InChI is InChI=1S/C12H30O6Si2/c1-11(14)12(15)7-5-6-9-20(17-2,10-8-13)18-19(3,4)16/h11-16H,5-10H2,1-4H3. The Hall–Kier alpha value is 0.194. The molecule has 0 rings (SSSR count). The maximum absolute atomic E-state index is 9.95. The van der Waals surface area contributed by atoms with Gasteiger partial charge in [-0.25, -0.2) is 0 Å². The van der Waals surface area contributed by atoms with Crippen LogP contribution in [0.15, 0.2) is 0 Å². The predicted molar refractivity (Wildman–Crippen MR) is 81.8 cm³/mol. The predicted octanol–water partition coefficient (Wildman–Crippen LogP) is 0.690. The molecule has 20 heavy (non-hydrogen) atoms. The van der Waals surface area contributed by atoms with Gasteiger partial charge in [-0.2, -0.15) is 0 Å². The van der Waals surface area contributed by atoms with Crippen molar-refractivity contribution in [3.8, 4) is 0 Å². The van der Waals surface area contributed by atoms with E-state index in [0.717, 1.165) is 12.8 Å². The minimum absolute atomic E-state index is 0.0269. The molecule has 0 aromatic carbocycles. The molecule has 8 heteroatoms. The Balaban J connectivity index is 4.36. The molecule has 0 radical (unpaired) electrons. The molecule has 6 nitrogen and oxygen atoms in total. The zero-order chi connectivity index (χ0) is 15.8. The largest absolute Gasteiger partial charge is 0.415 e. The lowest BCUT2D eigenvalue weighted by Crippen LogP contribution is -2.51. The average molecular weight is 327 g/mol. The number of hydrogen-bond donors (Lipinski definition) is 4. The molecule has 0 aliphatic rings. The molecule has 0 aliphatic heterocycles. The van der Waals surface area contributed by atoms with Crippen molar-refractivity contribution in [2.75, 3.05) is 13.7 Å². The van der Waals surface area contributed by atoms with E-state index in [-0.39, 0.29) is 6.61 Å². The first kappa shape index (κ1) is 20.2. The zero-order valence-electron chi connectivity index (χ0n) is 13.0. The van der Waals surface area contributed by atoms with Gasteiger partial charge in [-0.3, -0.25) is 0 Å². The summed E-state index contributed by atoms with van der Waals surface area (Å²) < 4.78 is 11.3. The first-order chi connectivity index (χ1) is 9.16. The van der Waals surface area contributed by atoms with Crippen molar-refractivity contribution in [2.24, 2.45) is 0 Å². The molecule has 122 valence electrons. The molecule has 0 aromatic rings. The lowest BCUT2D eigenvalue weighted by molar-refractivity contribution is 0.0249. The minimum atomic E-state index is -2.71. The van der Waals surface area contributed by atoms with Crippen molar-refractivity contribution in [2.45, 2.75) is 63.6 Å². The molecule has 3 unspecified atom stereocenters. The van der Waals surface area contributed by atoms with Gasteiger partial charge in [0.25, 0.3) is 0 Å². The van der Waals surface area contributed by atoms with Crippen LogP contribution in [0.4, 0.5) is 0 Å². The van der Waals surface area contributed by atoms with E-state index < -0.39 is 29.3 Å². The molecule has 0 fully saturated rings. The van der Waals surface area contributed by atoms with Gasteiger partial charge in [0.05, 0.1) is 12.2 Å². The van der Waals surface area contributed by atoms with E-state index in [0.29, 0.717) is 18.5 Å². The van der Waals surface area contributed by atoms with E-state index in [1.165, 1.54) is 0 Å². The van der Waals surface area contributed by atoms with Gasteiger partial charge in [-0.05, 0) is 32.5 Å². The van der Waals surface area contributed by atoms with Crippen LogP contribution in [0.1, 0.15) is 26.2 Å². The van der Waals surface area contributed by atoms with Crippen LogP contribution >= 0.6 is 0 Å². The second-order valence-electron chi connectivity index (χ2n) is 5.69. The van der Waals surface area contributed by atoms with Crippen molar-refractivity contribution < 1.29 is 28.7 Å². The lowest BCUT2D eigenvalue weighted by Gasteiger charge is -2.34. The molecule has 4 N–H and O–H groups in total. The van der Waals surface area contributed by atoms with Crippen molar-refractivity contribution in [1.82, 2.24) is 0 Å². The second-order valence-corrected chi connectivity index (χ2v) is 12.6. The van der Waals surface area contributed by atoms with E-state index in [1.54, 1.807) is 27.1 Å². The number of hydrogen-bond acceptors (Lipinski definition) is 6. The summed E-state index contributed by atoms with van der Waals surface area (Å²) in [5, 5.41) is 27.9. The third-order valence-electron chi connectivity index (χ3n) is 3.16. The fraction of sp³-hybridized carbons (Fsp3) is 1.00. The smallest absolute Gasteiger partial charge is 0.331 e. The first-order valence-electron chi connectivity index (χ1n) is 7.10. The van der Waals surface area contributed by atoms with Crippen LogP contribution in [-0.4, -0.2) is 63.2 Å². The molecule has 3 atom stereocenters. The quantitative estimate of drug-likeness (QED) is 0.329. The van der Waals surface area contributed by atoms with Crippen molar-refractivity contribution in [1.29, 1.82) is 0 Å². The van der Waals surface area contributed by atoms with Crippen molar-refractivity contribution in [3.63, 3.8) is 0 Å². The molecule has 0 heterocycles. The first-order valence-corrected chi connectivity index (χ1v) is 12.2. The summed E-state index contributed by atoms with van der Waals surface area (Å²) in [5.74, 6) is 0. The van der Waals surface area contributed by atoms with Gasteiger partial charge in [0.15, 0.2) is 0 Å². The van der Waals surface area contributed by atoms with Gasteiger partial charge in [0.2, 0.25) is 0 Å². The summed E-state index contributed by atoms with van der Waals surface area (Å²) in [7, 11) is -3.74. The summed E-state index contributed by atoms with van der Waals surface area (Å²) in [6, 6.07) is 1.09. The molecular formula is C12H30O6Si2. The van der Waals surface area contributed by atoms with Crippen LogP contribution in [-0.2, 0) is 8.54 Å². The Morgan fingerprint density at radius 3 is 2.10 bits per heavy atom. The normalized spacial score (nSPS) is 18.6.